The van der Waals surface area contributed by atoms with Crippen molar-refractivity contribution in [1.82, 2.24) is 10.2 Å². The zero-order valence-electron chi connectivity index (χ0n) is 17.4. The number of hydrogen-bond donors (Lipinski definition) is 5. The van der Waals surface area contributed by atoms with Crippen LogP contribution in [-0.4, -0.2) is 46.3 Å². The van der Waals surface area contributed by atoms with Crippen molar-refractivity contribution in [2.45, 2.75) is 70.0 Å². The molecule has 1 aromatic carbocycles. The van der Waals surface area contributed by atoms with Gasteiger partial charge in [0, 0.05) is 13.1 Å². The molecule has 2 aliphatic rings. The van der Waals surface area contributed by atoms with Gasteiger partial charge in [0.1, 0.15) is 17.6 Å². The Morgan fingerprint density at radius 2 is 1.93 bits per heavy atom. The zero-order valence-corrected chi connectivity index (χ0v) is 17.4. The third kappa shape index (κ3) is 5.30. The van der Waals surface area contributed by atoms with Crippen LogP contribution in [0.15, 0.2) is 18.2 Å². The average Bonchev–Trinajstić information content (AvgIpc) is 3.22. The van der Waals surface area contributed by atoms with Gasteiger partial charge in [-0.05, 0) is 42.9 Å². The highest BCUT2D eigenvalue weighted by atomic mass is 16.3. The van der Waals surface area contributed by atoms with E-state index in [-0.39, 0.29) is 35.5 Å². The van der Waals surface area contributed by atoms with Gasteiger partial charge >= 0.3 is 0 Å². The third-order valence-electron chi connectivity index (χ3n) is 6.29. The van der Waals surface area contributed by atoms with Crippen molar-refractivity contribution in [3.8, 4) is 5.75 Å². The summed E-state index contributed by atoms with van der Waals surface area (Å²) >= 11 is 0. The summed E-state index contributed by atoms with van der Waals surface area (Å²) in [5.74, 6) is -0.130. The van der Waals surface area contributed by atoms with E-state index in [0.29, 0.717) is 30.9 Å². The van der Waals surface area contributed by atoms with E-state index < -0.39 is 12.1 Å². The number of carbonyl (C=O) groups excluding carboxylic acids is 2. The largest absolute Gasteiger partial charge is 0.507 e. The number of amides is 2. The lowest BCUT2D eigenvalue weighted by Gasteiger charge is -2.29. The minimum atomic E-state index is -0.544. The van der Waals surface area contributed by atoms with Gasteiger partial charge in [-0.25, -0.2) is 0 Å². The Balaban J connectivity index is 1.55. The van der Waals surface area contributed by atoms with Gasteiger partial charge in [0.2, 0.25) is 11.8 Å². The fourth-order valence-corrected chi connectivity index (χ4v) is 4.62. The molecule has 8 heteroatoms. The molecule has 0 bridgehead atoms. The molecule has 7 N–H and O–H groups in total. The number of nitrogens with one attached hydrogen (secondary N) is 2. The molecule has 1 saturated carbocycles. The Morgan fingerprint density at radius 3 is 2.60 bits per heavy atom. The topological polar surface area (TPSA) is 146 Å². The zero-order chi connectivity index (χ0) is 21.7. The lowest BCUT2D eigenvalue weighted by molar-refractivity contribution is -0.139. The lowest BCUT2D eigenvalue weighted by Crippen LogP contribution is -2.51. The van der Waals surface area contributed by atoms with Crippen molar-refractivity contribution >= 4 is 17.6 Å². The first-order valence-corrected chi connectivity index (χ1v) is 10.9. The van der Waals surface area contributed by atoms with Crippen LogP contribution in [-0.2, 0) is 16.1 Å². The molecule has 1 aliphatic carbocycles. The molecule has 1 heterocycles. The fraction of sp³-hybridized carbons (Fsp3) is 0.591. The standard InChI is InChI=1S/C22H33N5O3/c23-17(11-14-5-2-1-3-6-14)22(30)27-10-4-7-18(27)21(29)26-13-15-8-9-16(20(24)25)19(28)12-15/h8-9,12,14,17-18,28H,1-7,10-11,13,23H2,(H3,24,25)(H,26,29)/t17-,18-/m1/s1. The number of benzene rings is 1. The monoisotopic (exact) mass is 415 g/mol. The van der Waals surface area contributed by atoms with Crippen LogP contribution in [0.5, 0.6) is 5.75 Å². The molecule has 0 unspecified atom stereocenters. The number of hydrogen-bond acceptors (Lipinski definition) is 5. The molecule has 1 aromatic rings. The first-order valence-electron chi connectivity index (χ1n) is 10.9. The lowest BCUT2D eigenvalue weighted by atomic mass is 9.84. The maximum atomic E-state index is 12.9. The molecule has 2 fully saturated rings. The highest BCUT2D eigenvalue weighted by molar-refractivity contribution is 5.97. The van der Waals surface area contributed by atoms with Crippen LogP contribution in [0.1, 0.15) is 62.5 Å². The summed E-state index contributed by atoms with van der Waals surface area (Å²) in [6, 6.07) is 3.69. The van der Waals surface area contributed by atoms with E-state index in [1.165, 1.54) is 25.3 Å². The van der Waals surface area contributed by atoms with Crippen molar-refractivity contribution in [3.63, 3.8) is 0 Å². The Morgan fingerprint density at radius 1 is 1.20 bits per heavy atom. The molecular weight excluding hydrogens is 382 g/mol. The van der Waals surface area contributed by atoms with Gasteiger partial charge in [0.25, 0.3) is 0 Å². The van der Waals surface area contributed by atoms with Crippen molar-refractivity contribution in [2.75, 3.05) is 6.54 Å². The quantitative estimate of drug-likeness (QED) is 0.339. The molecule has 30 heavy (non-hydrogen) atoms. The summed E-state index contributed by atoms with van der Waals surface area (Å²) in [5, 5.41) is 20.2. The van der Waals surface area contributed by atoms with Crippen molar-refractivity contribution < 1.29 is 14.7 Å². The van der Waals surface area contributed by atoms with E-state index in [1.54, 1.807) is 17.0 Å². The second-order valence-electron chi connectivity index (χ2n) is 8.52. The normalized spacial score (nSPS) is 20.7. The van der Waals surface area contributed by atoms with Gasteiger partial charge in [-0.1, -0.05) is 38.2 Å². The van der Waals surface area contributed by atoms with Gasteiger partial charge in [-0.3, -0.25) is 15.0 Å². The Bertz CT molecular complexity index is 791. The number of amidine groups is 1. The summed E-state index contributed by atoms with van der Waals surface area (Å²) in [5.41, 5.74) is 12.6. The summed E-state index contributed by atoms with van der Waals surface area (Å²) in [4.78, 5) is 27.3. The molecule has 0 aromatic heterocycles. The Hall–Kier alpha value is -2.61. The summed E-state index contributed by atoms with van der Waals surface area (Å²) < 4.78 is 0. The van der Waals surface area contributed by atoms with Crippen LogP contribution in [0.25, 0.3) is 0 Å². The molecular formula is C22H33N5O3. The molecule has 2 amide bonds. The van der Waals surface area contributed by atoms with Crippen molar-refractivity contribution in [2.24, 2.45) is 17.4 Å². The molecule has 164 valence electrons. The van der Waals surface area contributed by atoms with Gasteiger partial charge in [-0.2, -0.15) is 0 Å². The van der Waals surface area contributed by atoms with E-state index in [0.717, 1.165) is 19.3 Å². The number of nitrogens with two attached hydrogens (primary N) is 2. The van der Waals surface area contributed by atoms with Crippen LogP contribution >= 0.6 is 0 Å². The smallest absolute Gasteiger partial charge is 0.243 e. The molecule has 1 saturated heterocycles. The van der Waals surface area contributed by atoms with Crippen LogP contribution in [0.4, 0.5) is 0 Å². The molecule has 0 radical (unpaired) electrons. The van der Waals surface area contributed by atoms with Gasteiger partial charge < -0.3 is 26.8 Å². The Kier molecular flexibility index (Phi) is 7.31. The first-order chi connectivity index (χ1) is 14.4. The van der Waals surface area contributed by atoms with E-state index in [4.69, 9.17) is 16.9 Å². The first kappa shape index (κ1) is 22.1. The molecule has 3 rings (SSSR count). The predicted octanol–water partition coefficient (Wildman–Crippen LogP) is 1.58. The van der Waals surface area contributed by atoms with Crippen LogP contribution in [0.2, 0.25) is 0 Å². The maximum absolute atomic E-state index is 12.9. The fourth-order valence-electron chi connectivity index (χ4n) is 4.62. The summed E-state index contributed by atoms with van der Waals surface area (Å²) in [6.07, 6.45) is 8.08. The van der Waals surface area contributed by atoms with Crippen LogP contribution in [0, 0.1) is 11.3 Å². The number of aromatic hydroxyl groups is 1. The average molecular weight is 416 g/mol. The van der Waals surface area contributed by atoms with Gasteiger partial charge in [0.05, 0.1) is 11.6 Å². The maximum Gasteiger partial charge on any atom is 0.243 e. The molecule has 8 nitrogen and oxygen atoms in total. The summed E-state index contributed by atoms with van der Waals surface area (Å²) in [6.45, 7) is 0.778. The number of rotatable bonds is 7. The van der Waals surface area contributed by atoms with Gasteiger partial charge in [-0.15, -0.1) is 0 Å². The molecule has 2 atom stereocenters. The van der Waals surface area contributed by atoms with Gasteiger partial charge in [0.15, 0.2) is 0 Å². The number of nitrogens with zero attached hydrogens (tertiary/aromatic N) is 1. The highest BCUT2D eigenvalue weighted by Crippen LogP contribution is 2.28. The third-order valence-corrected chi connectivity index (χ3v) is 6.29. The number of likely N-dealkylation sites (tertiary alicyclic amines) is 1. The predicted molar refractivity (Wildman–Crippen MR) is 115 cm³/mol. The van der Waals surface area contributed by atoms with E-state index >= 15 is 0 Å². The summed E-state index contributed by atoms with van der Waals surface area (Å²) in [7, 11) is 0. The van der Waals surface area contributed by atoms with Crippen molar-refractivity contribution in [1.29, 1.82) is 5.41 Å². The molecule has 0 spiro atoms. The molecule has 1 aliphatic heterocycles. The minimum absolute atomic E-state index is 0.0967. The van der Waals surface area contributed by atoms with Crippen LogP contribution in [0.3, 0.4) is 0 Å². The van der Waals surface area contributed by atoms with E-state index in [9.17, 15) is 14.7 Å². The number of phenols is 1. The number of nitrogen functional groups attached to an aromatic ring is 1. The minimum Gasteiger partial charge on any atom is -0.507 e. The second-order valence-corrected chi connectivity index (χ2v) is 8.52. The number of carbonyl (C=O) groups is 2. The highest BCUT2D eigenvalue weighted by Gasteiger charge is 2.36. The van der Waals surface area contributed by atoms with Crippen LogP contribution < -0.4 is 16.8 Å². The second kappa shape index (κ2) is 9.93. The van der Waals surface area contributed by atoms with E-state index in [1.807, 2.05) is 0 Å². The van der Waals surface area contributed by atoms with Crippen molar-refractivity contribution in [3.05, 3.63) is 29.3 Å². The SMILES string of the molecule is N=C(N)c1ccc(CNC(=O)[C@H]2CCCN2C(=O)[C@H](N)CC2CCCCC2)cc1O. The Labute approximate surface area is 177 Å². The number of phenolic OH excluding ortho intramolecular Hbond substituents is 1. The van der Waals surface area contributed by atoms with E-state index in [2.05, 4.69) is 5.32 Å².